The first-order chi connectivity index (χ1) is 9.28. The largest absolute Gasteiger partial charge is 0.454 e. The molecule has 2 unspecified atom stereocenters. The molecular weight excluding hydrogens is 264 g/mol. The van der Waals surface area contributed by atoms with Crippen LogP contribution in [0.1, 0.15) is 65.2 Å². The molecule has 0 saturated heterocycles. The van der Waals surface area contributed by atoms with Crippen molar-refractivity contribution in [2.45, 2.75) is 77.3 Å². The highest BCUT2D eigenvalue weighted by Crippen LogP contribution is 2.13. The summed E-state index contributed by atoms with van der Waals surface area (Å²) in [6.07, 6.45) is 10.7. The van der Waals surface area contributed by atoms with Crippen molar-refractivity contribution in [3.63, 3.8) is 0 Å². The third-order valence-electron chi connectivity index (χ3n) is 3.56. The van der Waals surface area contributed by atoms with E-state index in [4.69, 9.17) is 4.12 Å². The van der Waals surface area contributed by atoms with Crippen molar-refractivity contribution < 1.29 is 4.12 Å². The van der Waals surface area contributed by atoms with Crippen LogP contribution < -0.4 is 0 Å². The Balaban J connectivity index is 3.82. The predicted molar refractivity (Wildman–Crippen MR) is 93.7 cm³/mol. The van der Waals surface area contributed by atoms with E-state index in [9.17, 15) is 0 Å². The third-order valence-corrected chi connectivity index (χ3v) is 9.36. The van der Waals surface area contributed by atoms with Crippen LogP contribution in [0.25, 0.3) is 0 Å². The van der Waals surface area contributed by atoms with E-state index in [1.807, 2.05) is 0 Å². The monoisotopic (exact) mass is 298 g/mol. The molecule has 0 aliphatic heterocycles. The van der Waals surface area contributed by atoms with E-state index in [1.165, 1.54) is 63.5 Å². The highest BCUT2D eigenvalue weighted by atomic mass is 28.4. The molecule has 0 aliphatic rings. The van der Waals surface area contributed by atoms with Crippen molar-refractivity contribution in [2.75, 3.05) is 0 Å². The van der Waals surface area contributed by atoms with Gasteiger partial charge in [0, 0.05) is 0 Å². The van der Waals surface area contributed by atoms with Crippen molar-refractivity contribution in [3.8, 4) is 0 Å². The van der Waals surface area contributed by atoms with Crippen molar-refractivity contribution in [1.82, 2.24) is 0 Å². The summed E-state index contributed by atoms with van der Waals surface area (Å²) in [4.78, 5) is 0. The van der Waals surface area contributed by atoms with Crippen LogP contribution >= 0.6 is 0 Å². The second kappa shape index (κ2) is 14.3. The van der Waals surface area contributed by atoms with Crippen molar-refractivity contribution in [2.24, 2.45) is 0 Å². The van der Waals surface area contributed by atoms with Crippen LogP contribution in [-0.2, 0) is 4.12 Å². The lowest BCUT2D eigenvalue weighted by Gasteiger charge is -2.18. The zero-order valence-corrected chi connectivity index (χ0v) is 15.5. The quantitative estimate of drug-likeness (QED) is 0.322. The molecule has 0 fully saturated rings. The number of rotatable bonds is 14. The maximum Gasteiger partial charge on any atom is 0.187 e. The van der Waals surface area contributed by atoms with Crippen LogP contribution in [0, 0.1) is 0 Å². The van der Waals surface area contributed by atoms with Crippen LogP contribution in [-0.4, -0.2) is 18.1 Å². The van der Waals surface area contributed by atoms with Crippen molar-refractivity contribution in [1.29, 1.82) is 0 Å². The lowest BCUT2D eigenvalue weighted by Crippen LogP contribution is -2.26. The average Bonchev–Trinajstić information content (AvgIpc) is 2.44. The van der Waals surface area contributed by atoms with Gasteiger partial charge in [0.2, 0.25) is 0 Å². The first-order valence-electron chi connectivity index (χ1n) is 8.19. The predicted octanol–water partition coefficient (Wildman–Crippen LogP) is 5.06. The molecule has 0 saturated carbocycles. The smallest absolute Gasteiger partial charge is 0.187 e. The van der Waals surface area contributed by atoms with Gasteiger partial charge in [-0.1, -0.05) is 76.6 Å². The first kappa shape index (κ1) is 18.9. The van der Waals surface area contributed by atoms with Crippen LogP contribution in [0.2, 0.25) is 12.1 Å². The number of hydrogen-bond donors (Lipinski definition) is 0. The van der Waals surface area contributed by atoms with Gasteiger partial charge in [0.1, 0.15) is 0 Å². The Kier molecular flexibility index (Phi) is 14.2. The highest BCUT2D eigenvalue weighted by molar-refractivity contribution is 6.71. The van der Waals surface area contributed by atoms with Gasteiger partial charge in [-0.15, -0.1) is 13.2 Å². The molecule has 0 amide bonds. The minimum absolute atomic E-state index is 1.14. The third kappa shape index (κ3) is 11.4. The number of unbranched alkanes of at least 4 members (excludes halogenated alkanes) is 6. The van der Waals surface area contributed by atoms with Gasteiger partial charge in [-0.05, 0) is 12.1 Å². The zero-order chi connectivity index (χ0) is 14.3. The van der Waals surface area contributed by atoms with E-state index < -0.39 is 18.1 Å². The van der Waals surface area contributed by atoms with Crippen LogP contribution in [0.3, 0.4) is 0 Å². The van der Waals surface area contributed by atoms with E-state index in [0.717, 1.165) is 0 Å². The summed E-state index contributed by atoms with van der Waals surface area (Å²) in [7, 11) is -2.27. The van der Waals surface area contributed by atoms with Gasteiger partial charge in [0.25, 0.3) is 0 Å². The minimum Gasteiger partial charge on any atom is -0.454 e. The second-order valence-electron chi connectivity index (χ2n) is 5.38. The Morgan fingerprint density at radius 3 is 1.47 bits per heavy atom. The van der Waals surface area contributed by atoms with Crippen LogP contribution in [0.15, 0.2) is 24.6 Å². The van der Waals surface area contributed by atoms with E-state index in [-0.39, 0.29) is 0 Å². The molecule has 0 aliphatic carbocycles. The Morgan fingerprint density at radius 1 is 0.737 bits per heavy atom. The molecule has 0 spiro atoms. The summed E-state index contributed by atoms with van der Waals surface area (Å²) in [5, 5.41) is 0. The lowest BCUT2D eigenvalue weighted by molar-refractivity contribution is 0.578. The minimum atomic E-state index is -1.14. The van der Waals surface area contributed by atoms with Gasteiger partial charge < -0.3 is 4.12 Å². The van der Waals surface area contributed by atoms with E-state index in [0.29, 0.717) is 0 Å². The van der Waals surface area contributed by atoms with Gasteiger partial charge >= 0.3 is 0 Å². The van der Waals surface area contributed by atoms with Crippen molar-refractivity contribution >= 4 is 18.1 Å². The fourth-order valence-corrected chi connectivity index (χ4v) is 7.88. The molecule has 0 heterocycles. The summed E-state index contributed by atoms with van der Waals surface area (Å²) < 4.78 is 6.35. The maximum absolute atomic E-state index is 6.35. The Bertz CT molecular complexity index is 197. The Labute approximate surface area is 124 Å². The fourth-order valence-electron chi connectivity index (χ4n) is 2.25. The molecule has 1 nitrogen and oxygen atoms in total. The first-order valence-corrected chi connectivity index (χ1v) is 12.1. The van der Waals surface area contributed by atoms with Gasteiger partial charge in [0.15, 0.2) is 18.1 Å². The Morgan fingerprint density at radius 2 is 1.16 bits per heavy atom. The number of hydrogen-bond acceptors (Lipinski definition) is 1. The molecule has 112 valence electrons. The standard InChI is InChI=1S/C16H34OSi2/c1-5-9-11-13-15-18(7-3)17-19(8-4)16-14-12-10-6-2/h7-8,18-19H,3-6,9-16H2,1-2H3. The van der Waals surface area contributed by atoms with Gasteiger partial charge in [-0.2, -0.15) is 0 Å². The summed E-state index contributed by atoms with van der Waals surface area (Å²) in [6, 6.07) is 2.55. The maximum atomic E-state index is 6.35. The van der Waals surface area contributed by atoms with Gasteiger partial charge in [0.05, 0.1) is 0 Å². The van der Waals surface area contributed by atoms with E-state index >= 15 is 0 Å². The SMILES string of the molecule is C=C[SiH](CCCCCC)O[SiH](C=C)CCCCCC. The molecule has 2 atom stereocenters. The molecule has 0 aromatic heterocycles. The van der Waals surface area contributed by atoms with Crippen LogP contribution in [0.4, 0.5) is 0 Å². The molecule has 0 bridgehead atoms. The molecule has 0 aromatic rings. The van der Waals surface area contributed by atoms with Crippen molar-refractivity contribution in [3.05, 3.63) is 24.6 Å². The van der Waals surface area contributed by atoms with Gasteiger partial charge in [-0.25, -0.2) is 0 Å². The van der Waals surface area contributed by atoms with Crippen LogP contribution in [0.5, 0.6) is 0 Å². The summed E-state index contributed by atoms with van der Waals surface area (Å²) >= 11 is 0. The fraction of sp³-hybridized carbons (Fsp3) is 0.750. The van der Waals surface area contributed by atoms with E-state index in [1.54, 1.807) is 0 Å². The molecule has 0 N–H and O–H groups in total. The molecule has 0 radical (unpaired) electrons. The summed E-state index contributed by atoms with van der Waals surface area (Å²) in [5.41, 5.74) is 4.25. The normalized spacial score (nSPS) is 14.0. The molecule has 0 rings (SSSR count). The molecular formula is C16H34OSi2. The summed E-state index contributed by atoms with van der Waals surface area (Å²) in [5.74, 6) is 0. The molecule has 3 heteroatoms. The molecule has 19 heavy (non-hydrogen) atoms. The summed E-state index contributed by atoms with van der Waals surface area (Å²) in [6.45, 7) is 12.5. The second-order valence-corrected chi connectivity index (χ2v) is 10.7. The topological polar surface area (TPSA) is 9.23 Å². The van der Waals surface area contributed by atoms with E-state index in [2.05, 4.69) is 38.4 Å². The average molecular weight is 299 g/mol. The highest BCUT2D eigenvalue weighted by Gasteiger charge is 2.14. The lowest BCUT2D eigenvalue weighted by atomic mass is 10.2. The molecule has 0 aromatic carbocycles. The Hall–Kier alpha value is -0.126. The van der Waals surface area contributed by atoms with Gasteiger partial charge in [-0.3, -0.25) is 0 Å². The zero-order valence-electron chi connectivity index (χ0n) is 13.2.